The lowest BCUT2D eigenvalue weighted by Crippen LogP contribution is -2.28. The van der Waals surface area contributed by atoms with Gasteiger partial charge in [-0.1, -0.05) is 42.5 Å². The van der Waals surface area contributed by atoms with E-state index in [0.717, 1.165) is 24.7 Å². The molecule has 0 radical (unpaired) electrons. The zero-order valence-corrected chi connectivity index (χ0v) is 11.8. The highest BCUT2D eigenvalue weighted by Crippen LogP contribution is 2.36. The van der Waals surface area contributed by atoms with Crippen molar-refractivity contribution >= 4 is 5.82 Å². The van der Waals surface area contributed by atoms with Gasteiger partial charge in [-0.15, -0.1) is 0 Å². The van der Waals surface area contributed by atoms with E-state index in [1.807, 2.05) is 29.2 Å². The topological polar surface area (TPSA) is 16.1 Å². The van der Waals surface area contributed by atoms with E-state index in [-0.39, 0.29) is 0 Å². The summed E-state index contributed by atoms with van der Waals surface area (Å²) in [5.41, 5.74) is 0.541. The van der Waals surface area contributed by atoms with E-state index in [0.29, 0.717) is 17.9 Å². The molecular formula is C17H15F3N2. The Hall–Kier alpha value is -2.30. The number of pyridine rings is 1. The van der Waals surface area contributed by atoms with Gasteiger partial charge in [-0.05, 0) is 18.1 Å². The standard InChI is InChI=1S/C17H15F3N2/c18-17(19,20)14-11-15(13-7-3-1-4-8-13)16(21-12-14)22-9-5-2-6-10-22/h1-5,7-8,11-12H,6,9-10H2. The van der Waals surface area contributed by atoms with Crippen molar-refractivity contribution in [1.82, 2.24) is 4.98 Å². The Morgan fingerprint density at radius 2 is 1.82 bits per heavy atom. The summed E-state index contributed by atoms with van der Waals surface area (Å²) < 4.78 is 39.0. The molecule has 0 amide bonds. The Morgan fingerprint density at radius 3 is 2.45 bits per heavy atom. The molecule has 0 unspecified atom stereocenters. The third-order valence-corrected chi connectivity index (χ3v) is 3.64. The number of halogens is 3. The molecule has 3 rings (SSSR count). The molecule has 0 fully saturated rings. The van der Waals surface area contributed by atoms with Crippen LogP contribution in [-0.4, -0.2) is 18.1 Å². The molecule has 0 saturated heterocycles. The highest BCUT2D eigenvalue weighted by molar-refractivity contribution is 5.76. The monoisotopic (exact) mass is 304 g/mol. The van der Waals surface area contributed by atoms with Gasteiger partial charge in [0, 0.05) is 24.8 Å². The van der Waals surface area contributed by atoms with Crippen molar-refractivity contribution in [3.63, 3.8) is 0 Å². The maximum absolute atomic E-state index is 13.0. The first-order chi connectivity index (χ1) is 10.6. The molecule has 2 heterocycles. The molecule has 1 aliphatic rings. The number of aromatic nitrogens is 1. The molecule has 0 spiro atoms. The molecule has 0 N–H and O–H groups in total. The molecule has 22 heavy (non-hydrogen) atoms. The molecule has 1 aromatic heterocycles. The minimum absolute atomic E-state index is 0.519. The van der Waals surface area contributed by atoms with E-state index >= 15 is 0 Å². The maximum Gasteiger partial charge on any atom is 0.417 e. The van der Waals surface area contributed by atoms with E-state index in [2.05, 4.69) is 11.1 Å². The Balaban J connectivity index is 2.11. The second kappa shape index (κ2) is 5.83. The van der Waals surface area contributed by atoms with Crippen LogP contribution in [0.5, 0.6) is 0 Å². The molecule has 0 bridgehead atoms. The molecule has 1 aliphatic heterocycles. The lowest BCUT2D eigenvalue weighted by atomic mass is 10.0. The number of rotatable bonds is 2. The minimum Gasteiger partial charge on any atom is -0.352 e. The first kappa shape index (κ1) is 14.6. The summed E-state index contributed by atoms with van der Waals surface area (Å²) in [6.45, 7) is 1.42. The average molecular weight is 304 g/mol. The van der Waals surface area contributed by atoms with Crippen LogP contribution in [0.1, 0.15) is 12.0 Å². The zero-order chi connectivity index (χ0) is 15.6. The van der Waals surface area contributed by atoms with Crippen LogP contribution in [0, 0.1) is 0 Å². The SMILES string of the molecule is FC(F)(F)c1cnc(N2CC=CCC2)c(-c2ccccc2)c1. The van der Waals surface area contributed by atoms with Crippen molar-refractivity contribution < 1.29 is 13.2 Å². The Bertz CT molecular complexity index is 678. The fourth-order valence-corrected chi connectivity index (χ4v) is 2.53. The fraction of sp³-hybridized carbons (Fsp3) is 0.235. The predicted molar refractivity (Wildman–Crippen MR) is 80.6 cm³/mol. The van der Waals surface area contributed by atoms with Crippen LogP contribution in [0.3, 0.4) is 0 Å². The summed E-state index contributed by atoms with van der Waals surface area (Å²) in [6.07, 6.45) is 1.48. The van der Waals surface area contributed by atoms with Gasteiger partial charge in [0.1, 0.15) is 5.82 Å². The predicted octanol–water partition coefficient (Wildman–Crippen LogP) is 4.53. The largest absolute Gasteiger partial charge is 0.417 e. The van der Waals surface area contributed by atoms with Gasteiger partial charge in [-0.25, -0.2) is 4.98 Å². The summed E-state index contributed by atoms with van der Waals surface area (Å²) in [5.74, 6) is 0.601. The van der Waals surface area contributed by atoms with Gasteiger partial charge in [-0.2, -0.15) is 13.2 Å². The van der Waals surface area contributed by atoms with Gasteiger partial charge in [0.05, 0.1) is 5.56 Å². The molecule has 2 aromatic rings. The lowest BCUT2D eigenvalue weighted by Gasteiger charge is -2.27. The molecular weight excluding hydrogens is 289 g/mol. The van der Waals surface area contributed by atoms with Gasteiger partial charge in [0.2, 0.25) is 0 Å². The van der Waals surface area contributed by atoms with E-state index in [4.69, 9.17) is 0 Å². The molecule has 0 atom stereocenters. The summed E-state index contributed by atoms with van der Waals surface area (Å²) in [5, 5.41) is 0. The normalized spacial score (nSPS) is 15.1. The molecule has 5 heteroatoms. The van der Waals surface area contributed by atoms with E-state index < -0.39 is 11.7 Å². The third-order valence-electron chi connectivity index (χ3n) is 3.64. The Morgan fingerprint density at radius 1 is 1.05 bits per heavy atom. The molecule has 0 saturated carbocycles. The third kappa shape index (κ3) is 2.98. The quantitative estimate of drug-likeness (QED) is 0.758. The number of anilines is 1. The van der Waals surface area contributed by atoms with Crippen LogP contribution >= 0.6 is 0 Å². The number of benzene rings is 1. The van der Waals surface area contributed by atoms with E-state index in [9.17, 15) is 13.2 Å². The summed E-state index contributed by atoms with van der Waals surface area (Å²) in [4.78, 5) is 6.12. The van der Waals surface area contributed by atoms with Crippen molar-refractivity contribution in [1.29, 1.82) is 0 Å². The minimum atomic E-state index is -4.39. The van der Waals surface area contributed by atoms with Gasteiger partial charge >= 0.3 is 6.18 Å². The van der Waals surface area contributed by atoms with Crippen molar-refractivity contribution in [2.45, 2.75) is 12.6 Å². The zero-order valence-electron chi connectivity index (χ0n) is 11.8. The second-order valence-electron chi connectivity index (χ2n) is 5.17. The second-order valence-corrected chi connectivity index (χ2v) is 5.17. The highest BCUT2D eigenvalue weighted by Gasteiger charge is 2.32. The first-order valence-corrected chi connectivity index (χ1v) is 7.08. The Labute approximate surface area is 126 Å². The van der Waals surface area contributed by atoms with E-state index in [1.54, 1.807) is 12.1 Å². The number of nitrogens with zero attached hydrogens (tertiary/aromatic N) is 2. The highest BCUT2D eigenvalue weighted by atomic mass is 19.4. The van der Waals surface area contributed by atoms with Gasteiger partial charge < -0.3 is 4.90 Å². The van der Waals surface area contributed by atoms with Crippen LogP contribution in [0.25, 0.3) is 11.1 Å². The smallest absolute Gasteiger partial charge is 0.352 e. The van der Waals surface area contributed by atoms with Crippen LogP contribution in [0.4, 0.5) is 19.0 Å². The van der Waals surface area contributed by atoms with Crippen molar-refractivity contribution in [3.8, 4) is 11.1 Å². The van der Waals surface area contributed by atoms with Crippen LogP contribution in [0.15, 0.2) is 54.7 Å². The van der Waals surface area contributed by atoms with Crippen molar-refractivity contribution in [2.75, 3.05) is 18.0 Å². The fourth-order valence-electron chi connectivity index (χ4n) is 2.53. The summed E-state index contributed by atoms with van der Waals surface area (Å²) >= 11 is 0. The Kier molecular flexibility index (Phi) is 3.88. The van der Waals surface area contributed by atoms with Gasteiger partial charge in [0.15, 0.2) is 0 Å². The number of alkyl halides is 3. The van der Waals surface area contributed by atoms with Crippen molar-refractivity contribution in [3.05, 3.63) is 60.3 Å². The molecule has 1 aromatic carbocycles. The summed E-state index contributed by atoms with van der Waals surface area (Å²) in [6, 6.07) is 10.3. The van der Waals surface area contributed by atoms with Gasteiger partial charge in [-0.3, -0.25) is 0 Å². The van der Waals surface area contributed by atoms with Gasteiger partial charge in [0.25, 0.3) is 0 Å². The van der Waals surface area contributed by atoms with Crippen molar-refractivity contribution in [2.24, 2.45) is 0 Å². The van der Waals surface area contributed by atoms with Crippen LogP contribution < -0.4 is 4.90 Å². The average Bonchev–Trinajstić information content (AvgIpc) is 2.55. The summed E-state index contributed by atoms with van der Waals surface area (Å²) in [7, 11) is 0. The molecule has 0 aliphatic carbocycles. The van der Waals surface area contributed by atoms with Crippen LogP contribution in [0.2, 0.25) is 0 Å². The number of hydrogen-bond donors (Lipinski definition) is 0. The van der Waals surface area contributed by atoms with E-state index in [1.165, 1.54) is 6.07 Å². The maximum atomic E-state index is 13.0. The van der Waals surface area contributed by atoms with Crippen LogP contribution in [-0.2, 0) is 6.18 Å². The lowest BCUT2D eigenvalue weighted by molar-refractivity contribution is -0.137. The molecule has 2 nitrogen and oxygen atoms in total. The number of hydrogen-bond acceptors (Lipinski definition) is 2. The molecule has 114 valence electrons. The first-order valence-electron chi connectivity index (χ1n) is 7.08.